The van der Waals surface area contributed by atoms with Crippen LogP contribution in [0.2, 0.25) is 5.02 Å². The lowest BCUT2D eigenvalue weighted by Gasteiger charge is -2.22. The Balaban J connectivity index is 1.91. The summed E-state index contributed by atoms with van der Waals surface area (Å²) in [6.07, 6.45) is 4.42. The highest BCUT2D eigenvalue weighted by Gasteiger charge is 2.29. The van der Waals surface area contributed by atoms with Crippen LogP contribution in [-0.2, 0) is 6.42 Å². The predicted molar refractivity (Wildman–Crippen MR) is 112 cm³/mol. The summed E-state index contributed by atoms with van der Waals surface area (Å²) < 4.78 is 7.12. The Morgan fingerprint density at radius 1 is 1.10 bits per heavy atom. The van der Waals surface area contributed by atoms with Gasteiger partial charge in [0.05, 0.1) is 6.61 Å². The van der Waals surface area contributed by atoms with Crippen LogP contribution in [0.1, 0.15) is 47.8 Å². The van der Waals surface area contributed by atoms with E-state index in [1.54, 1.807) is 18.2 Å². The zero-order chi connectivity index (χ0) is 20.1. The molecule has 0 amide bonds. The highest BCUT2D eigenvalue weighted by molar-refractivity contribution is 6.31. The number of ether oxygens (including phenoxy) is 1. The summed E-state index contributed by atoms with van der Waals surface area (Å²) in [6, 6.07) is 10.7. The van der Waals surface area contributed by atoms with E-state index < -0.39 is 5.97 Å². The SMILES string of the molecule is O=C(O)c1c(-c2ccc3c(c2)CCO3)c2cc(Cl)ccc2c(=O)n1C1CCCC1. The minimum absolute atomic E-state index is 0.0514. The Hall–Kier alpha value is -2.79. The van der Waals surface area contributed by atoms with E-state index in [-0.39, 0.29) is 17.3 Å². The first-order valence-corrected chi connectivity index (χ1v) is 10.3. The van der Waals surface area contributed by atoms with Crippen molar-refractivity contribution in [2.45, 2.75) is 38.1 Å². The number of halogens is 1. The van der Waals surface area contributed by atoms with Gasteiger partial charge >= 0.3 is 5.97 Å². The van der Waals surface area contributed by atoms with Crippen molar-refractivity contribution in [3.05, 3.63) is 63.0 Å². The lowest BCUT2D eigenvalue weighted by atomic mass is 9.94. The Morgan fingerprint density at radius 3 is 2.66 bits per heavy atom. The summed E-state index contributed by atoms with van der Waals surface area (Å²) >= 11 is 6.25. The van der Waals surface area contributed by atoms with E-state index in [2.05, 4.69) is 0 Å². The molecule has 0 radical (unpaired) electrons. The van der Waals surface area contributed by atoms with Gasteiger partial charge in [0.2, 0.25) is 0 Å². The highest BCUT2D eigenvalue weighted by Crippen LogP contribution is 2.39. The Labute approximate surface area is 172 Å². The third kappa shape index (κ3) is 2.92. The van der Waals surface area contributed by atoms with E-state index in [1.165, 1.54) is 4.57 Å². The number of pyridine rings is 1. The van der Waals surface area contributed by atoms with E-state index in [0.29, 0.717) is 28.0 Å². The first-order valence-electron chi connectivity index (χ1n) is 9.92. The van der Waals surface area contributed by atoms with Crippen LogP contribution in [-0.4, -0.2) is 22.2 Å². The molecule has 0 spiro atoms. The van der Waals surface area contributed by atoms with Gasteiger partial charge in [-0.05, 0) is 59.7 Å². The van der Waals surface area contributed by atoms with Gasteiger partial charge in [0.15, 0.2) is 0 Å². The molecule has 1 saturated carbocycles. The van der Waals surface area contributed by atoms with Gasteiger partial charge < -0.3 is 9.84 Å². The van der Waals surface area contributed by atoms with E-state index in [0.717, 1.165) is 49.0 Å². The standard InChI is InChI=1S/C23H20ClNO4/c24-15-6-7-17-18(12-15)20(14-5-8-19-13(11-14)9-10-29-19)21(23(27)28)25(22(17)26)16-3-1-2-4-16/h5-8,11-12,16H,1-4,9-10H2,(H,27,28). The maximum atomic E-state index is 13.4. The number of hydrogen-bond donors (Lipinski definition) is 1. The van der Waals surface area contributed by atoms with Gasteiger partial charge in [0, 0.05) is 28.4 Å². The predicted octanol–water partition coefficient (Wildman–Crippen LogP) is 5.07. The van der Waals surface area contributed by atoms with E-state index in [1.807, 2.05) is 18.2 Å². The van der Waals surface area contributed by atoms with Crippen molar-refractivity contribution in [2.24, 2.45) is 0 Å². The van der Waals surface area contributed by atoms with Crippen LogP contribution in [0.25, 0.3) is 21.9 Å². The number of benzene rings is 2. The Bertz CT molecular complexity index is 1210. The van der Waals surface area contributed by atoms with Crippen molar-refractivity contribution < 1.29 is 14.6 Å². The molecular formula is C23H20ClNO4. The second-order valence-electron chi connectivity index (χ2n) is 7.75. The summed E-state index contributed by atoms with van der Waals surface area (Å²) in [7, 11) is 0. The van der Waals surface area contributed by atoms with Crippen molar-refractivity contribution in [3.63, 3.8) is 0 Å². The molecule has 0 atom stereocenters. The lowest BCUT2D eigenvalue weighted by Crippen LogP contribution is -2.30. The molecule has 6 heteroatoms. The average molecular weight is 410 g/mol. The molecule has 148 valence electrons. The van der Waals surface area contributed by atoms with Crippen LogP contribution in [0.15, 0.2) is 41.2 Å². The Kier molecular flexibility index (Phi) is 4.36. The van der Waals surface area contributed by atoms with Crippen molar-refractivity contribution >= 4 is 28.3 Å². The zero-order valence-corrected chi connectivity index (χ0v) is 16.5. The molecule has 2 heterocycles. The topological polar surface area (TPSA) is 68.5 Å². The molecule has 3 aromatic rings. The highest BCUT2D eigenvalue weighted by atomic mass is 35.5. The summed E-state index contributed by atoms with van der Waals surface area (Å²) in [4.78, 5) is 25.8. The second kappa shape index (κ2) is 6.92. The number of rotatable bonds is 3. The zero-order valence-electron chi connectivity index (χ0n) is 15.8. The Morgan fingerprint density at radius 2 is 1.90 bits per heavy atom. The number of carboxylic acid groups (broad SMARTS) is 1. The summed E-state index contributed by atoms with van der Waals surface area (Å²) in [5, 5.41) is 11.7. The van der Waals surface area contributed by atoms with E-state index in [4.69, 9.17) is 16.3 Å². The molecule has 1 fully saturated rings. The van der Waals surface area contributed by atoms with Crippen molar-refractivity contribution in [1.82, 2.24) is 4.57 Å². The van der Waals surface area contributed by atoms with Crippen LogP contribution in [0, 0.1) is 0 Å². The van der Waals surface area contributed by atoms with Gasteiger partial charge in [-0.15, -0.1) is 0 Å². The molecular weight excluding hydrogens is 390 g/mol. The second-order valence-corrected chi connectivity index (χ2v) is 8.19. The maximum Gasteiger partial charge on any atom is 0.353 e. The fourth-order valence-electron chi connectivity index (χ4n) is 4.74. The third-order valence-electron chi connectivity index (χ3n) is 6.05. The van der Waals surface area contributed by atoms with Gasteiger partial charge in [-0.25, -0.2) is 4.79 Å². The first-order chi connectivity index (χ1) is 14.0. The number of nitrogens with zero attached hydrogens (tertiary/aromatic N) is 1. The van der Waals surface area contributed by atoms with Gasteiger partial charge in [-0.2, -0.15) is 0 Å². The summed E-state index contributed by atoms with van der Waals surface area (Å²) in [5.74, 6) is -0.264. The molecule has 0 unspecified atom stereocenters. The number of carbonyl (C=O) groups is 1. The number of aromatic nitrogens is 1. The smallest absolute Gasteiger partial charge is 0.353 e. The molecule has 5 rings (SSSR count). The average Bonchev–Trinajstić information content (AvgIpc) is 3.38. The number of fused-ring (bicyclic) bond motifs is 2. The summed E-state index contributed by atoms with van der Waals surface area (Å²) in [6.45, 7) is 0.624. The fraction of sp³-hybridized carbons (Fsp3) is 0.304. The molecule has 2 aliphatic rings. The molecule has 2 aromatic carbocycles. The molecule has 1 N–H and O–H groups in total. The van der Waals surface area contributed by atoms with Crippen molar-refractivity contribution in [1.29, 1.82) is 0 Å². The molecule has 1 aromatic heterocycles. The normalized spacial score (nSPS) is 16.2. The quantitative estimate of drug-likeness (QED) is 0.655. The molecule has 1 aliphatic heterocycles. The number of carboxylic acids is 1. The van der Waals surface area contributed by atoms with Crippen LogP contribution in [0.3, 0.4) is 0 Å². The van der Waals surface area contributed by atoms with Gasteiger partial charge in [-0.1, -0.05) is 30.5 Å². The van der Waals surface area contributed by atoms with Crippen LogP contribution >= 0.6 is 11.6 Å². The summed E-state index contributed by atoms with van der Waals surface area (Å²) in [5.41, 5.74) is 2.17. The molecule has 29 heavy (non-hydrogen) atoms. The molecule has 5 nitrogen and oxygen atoms in total. The van der Waals surface area contributed by atoms with E-state index in [9.17, 15) is 14.7 Å². The third-order valence-corrected chi connectivity index (χ3v) is 6.28. The minimum atomic E-state index is -1.09. The van der Waals surface area contributed by atoms with Gasteiger partial charge in [0.25, 0.3) is 5.56 Å². The van der Waals surface area contributed by atoms with Crippen LogP contribution < -0.4 is 10.3 Å². The largest absolute Gasteiger partial charge is 0.493 e. The maximum absolute atomic E-state index is 13.4. The van der Waals surface area contributed by atoms with Crippen molar-refractivity contribution in [3.8, 4) is 16.9 Å². The first kappa shape index (κ1) is 18.3. The van der Waals surface area contributed by atoms with Crippen LogP contribution in [0.4, 0.5) is 0 Å². The number of aromatic carboxylic acids is 1. The van der Waals surface area contributed by atoms with Crippen LogP contribution in [0.5, 0.6) is 5.75 Å². The van der Waals surface area contributed by atoms with Crippen molar-refractivity contribution in [2.75, 3.05) is 6.61 Å². The fourth-order valence-corrected chi connectivity index (χ4v) is 4.92. The molecule has 1 aliphatic carbocycles. The molecule has 0 bridgehead atoms. The number of hydrogen-bond acceptors (Lipinski definition) is 3. The lowest BCUT2D eigenvalue weighted by molar-refractivity contribution is 0.0682. The monoisotopic (exact) mass is 409 g/mol. The van der Waals surface area contributed by atoms with Gasteiger partial charge in [-0.3, -0.25) is 9.36 Å². The van der Waals surface area contributed by atoms with E-state index >= 15 is 0 Å². The molecule has 0 saturated heterocycles. The minimum Gasteiger partial charge on any atom is -0.493 e. The van der Waals surface area contributed by atoms with Gasteiger partial charge in [0.1, 0.15) is 11.4 Å².